The van der Waals surface area contributed by atoms with Crippen LogP contribution < -0.4 is 15.1 Å². The normalized spacial score (nSPS) is 19.4. The van der Waals surface area contributed by atoms with E-state index in [1.54, 1.807) is 25.5 Å². The van der Waals surface area contributed by atoms with E-state index in [-0.39, 0.29) is 17.6 Å². The van der Waals surface area contributed by atoms with Crippen LogP contribution in [0.2, 0.25) is 0 Å². The Morgan fingerprint density at radius 3 is 2.79 bits per heavy atom. The molecule has 29 heavy (non-hydrogen) atoms. The number of anilines is 2. The molecule has 1 atom stereocenters. The van der Waals surface area contributed by atoms with Gasteiger partial charge in [-0.05, 0) is 25.3 Å². The molecule has 1 unspecified atom stereocenters. The lowest BCUT2D eigenvalue weighted by Crippen LogP contribution is -2.56. The van der Waals surface area contributed by atoms with E-state index in [1.165, 1.54) is 22.4 Å². The van der Waals surface area contributed by atoms with E-state index >= 15 is 0 Å². The van der Waals surface area contributed by atoms with E-state index in [4.69, 9.17) is 15.8 Å². The van der Waals surface area contributed by atoms with Gasteiger partial charge >= 0.3 is 0 Å². The summed E-state index contributed by atoms with van der Waals surface area (Å²) in [4.78, 5) is 24.8. The van der Waals surface area contributed by atoms with Crippen molar-refractivity contribution in [2.45, 2.75) is 51.1 Å². The molecule has 3 heterocycles. The molecule has 1 fully saturated rings. The summed E-state index contributed by atoms with van der Waals surface area (Å²) in [5, 5.41) is 23.3. The fraction of sp³-hybridized carbons (Fsp3) is 0.474. The summed E-state index contributed by atoms with van der Waals surface area (Å²) in [7, 11) is 1.56. The molecule has 1 aliphatic heterocycles. The van der Waals surface area contributed by atoms with E-state index in [1.807, 2.05) is 0 Å². The van der Waals surface area contributed by atoms with Gasteiger partial charge in [0.05, 0.1) is 18.6 Å². The molecule has 0 radical (unpaired) electrons. The Labute approximate surface area is 169 Å². The van der Waals surface area contributed by atoms with Gasteiger partial charge < -0.3 is 10.2 Å². The predicted molar refractivity (Wildman–Crippen MR) is 110 cm³/mol. The first kappa shape index (κ1) is 19.0. The van der Waals surface area contributed by atoms with Crippen LogP contribution in [0.3, 0.4) is 0 Å². The average Bonchev–Trinajstić information content (AvgIpc) is 3.44. The van der Waals surface area contributed by atoms with Crippen molar-refractivity contribution in [1.82, 2.24) is 25.1 Å². The van der Waals surface area contributed by atoms with Crippen molar-refractivity contribution >= 4 is 29.6 Å². The fourth-order valence-corrected chi connectivity index (χ4v) is 4.22. The lowest BCUT2D eigenvalue weighted by molar-refractivity contribution is 0.0957. The summed E-state index contributed by atoms with van der Waals surface area (Å²) in [6.07, 6.45) is 9.65. The minimum Gasteiger partial charge on any atom is -0.354 e. The van der Waals surface area contributed by atoms with Gasteiger partial charge in [-0.3, -0.25) is 20.5 Å². The third kappa shape index (κ3) is 3.14. The Hall–Kier alpha value is -3.30. The first-order valence-electron chi connectivity index (χ1n) is 9.90. The zero-order valence-electron chi connectivity index (χ0n) is 16.6. The Bertz CT molecular complexity index is 947. The van der Waals surface area contributed by atoms with Crippen LogP contribution in [0.1, 0.15) is 49.5 Å². The molecule has 0 aromatic carbocycles. The second-order valence-electron chi connectivity index (χ2n) is 7.26. The van der Waals surface area contributed by atoms with Crippen LogP contribution in [0, 0.1) is 10.8 Å². The predicted octanol–water partition coefficient (Wildman–Crippen LogP) is 1.95. The highest BCUT2D eigenvalue weighted by atomic mass is 16.1. The number of nitrogens with one attached hydrogen (secondary N) is 3. The Balaban J connectivity index is 1.81. The maximum Gasteiger partial charge on any atom is 0.271 e. The number of carbonyl (C=O) groups is 1. The molecule has 1 aliphatic carbocycles. The molecule has 2 aromatic heterocycles. The van der Waals surface area contributed by atoms with Crippen LogP contribution in [0.25, 0.3) is 5.95 Å². The summed E-state index contributed by atoms with van der Waals surface area (Å²) in [5.41, 5.74) is 0.917. The topological polar surface area (TPSA) is 127 Å². The van der Waals surface area contributed by atoms with Crippen LogP contribution in [0.4, 0.5) is 11.5 Å². The standard InChI is InChI=1S/C19H25N9O/c1-3-14-16(21)26(11-20)15-10-23-19(27-9-8-13(25-27)18(29)22-2)24-17(15)28(14)12-6-4-5-7-12/h8-12,14,20-21H,3-7H2,1-2H3,(H,22,29). The Kier molecular flexibility index (Phi) is 4.99. The molecule has 4 rings (SSSR count). The zero-order chi connectivity index (χ0) is 20.5. The molecule has 10 heteroatoms. The second kappa shape index (κ2) is 7.61. The van der Waals surface area contributed by atoms with Crippen LogP contribution >= 0.6 is 0 Å². The minimum atomic E-state index is -0.274. The highest BCUT2D eigenvalue weighted by Gasteiger charge is 2.40. The first-order chi connectivity index (χ1) is 14.1. The van der Waals surface area contributed by atoms with Crippen molar-refractivity contribution in [3.05, 3.63) is 24.2 Å². The van der Waals surface area contributed by atoms with Crippen molar-refractivity contribution in [1.29, 1.82) is 10.8 Å². The number of hydrogen-bond donors (Lipinski definition) is 3. The summed E-state index contributed by atoms with van der Waals surface area (Å²) >= 11 is 0. The number of aromatic nitrogens is 4. The molecule has 2 aliphatic rings. The molecular formula is C19H25N9O. The molecule has 152 valence electrons. The van der Waals surface area contributed by atoms with Gasteiger partial charge in [-0.2, -0.15) is 10.1 Å². The lowest BCUT2D eigenvalue weighted by atomic mass is 10.0. The van der Waals surface area contributed by atoms with Gasteiger partial charge in [0.1, 0.15) is 11.5 Å². The summed E-state index contributed by atoms with van der Waals surface area (Å²) < 4.78 is 1.48. The number of nitrogens with zero attached hydrogens (tertiary/aromatic N) is 6. The molecule has 1 saturated carbocycles. The van der Waals surface area contributed by atoms with Crippen molar-refractivity contribution in [3.8, 4) is 5.95 Å². The largest absolute Gasteiger partial charge is 0.354 e. The maximum absolute atomic E-state index is 11.8. The van der Waals surface area contributed by atoms with E-state index in [0.29, 0.717) is 29.3 Å². The summed E-state index contributed by atoms with van der Waals surface area (Å²) in [5.74, 6) is 1.17. The van der Waals surface area contributed by atoms with Gasteiger partial charge in [0.15, 0.2) is 11.5 Å². The quantitative estimate of drug-likeness (QED) is 0.525. The first-order valence-corrected chi connectivity index (χ1v) is 9.90. The maximum atomic E-state index is 11.8. The lowest BCUT2D eigenvalue weighted by Gasteiger charge is -2.44. The van der Waals surface area contributed by atoms with Gasteiger partial charge in [0, 0.05) is 19.3 Å². The Morgan fingerprint density at radius 1 is 1.38 bits per heavy atom. The van der Waals surface area contributed by atoms with Gasteiger partial charge in [-0.25, -0.2) is 9.67 Å². The monoisotopic (exact) mass is 395 g/mol. The van der Waals surface area contributed by atoms with Gasteiger partial charge in [-0.1, -0.05) is 19.8 Å². The van der Waals surface area contributed by atoms with Crippen LogP contribution in [0.15, 0.2) is 18.5 Å². The summed E-state index contributed by atoms with van der Waals surface area (Å²) in [6, 6.07) is 1.79. The number of amides is 1. The third-order valence-corrected chi connectivity index (χ3v) is 5.64. The van der Waals surface area contributed by atoms with E-state index < -0.39 is 0 Å². The SMILES string of the molecule is CCC1C(=N)N(C=N)c2cnc(-n3ccc(C(=O)NC)n3)nc2N1C1CCCC1. The van der Waals surface area contributed by atoms with Crippen LogP contribution in [0.5, 0.6) is 0 Å². The number of fused-ring (bicyclic) bond motifs is 1. The number of hydrogen-bond acceptors (Lipinski definition) is 7. The van der Waals surface area contributed by atoms with Crippen molar-refractivity contribution in [3.63, 3.8) is 0 Å². The number of amidine groups is 1. The molecular weight excluding hydrogens is 370 g/mol. The van der Waals surface area contributed by atoms with Gasteiger partial charge in [0.25, 0.3) is 11.9 Å². The van der Waals surface area contributed by atoms with E-state index in [9.17, 15) is 4.79 Å². The van der Waals surface area contributed by atoms with Crippen molar-refractivity contribution in [2.75, 3.05) is 16.8 Å². The van der Waals surface area contributed by atoms with Crippen LogP contribution in [-0.4, -0.2) is 57.0 Å². The van der Waals surface area contributed by atoms with Gasteiger partial charge in [-0.15, -0.1) is 0 Å². The third-order valence-electron chi connectivity index (χ3n) is 5.64. The highest BCUT2D eigenvalue weighted by Crippen LogP contribution is 2.39. The zero-order valence-corrected chi connectivity index (χ0v) is 16.6. The molecule has 1 amide bonds. The molecule has 3 N–H and O–H groups in total. The van der Waals surface area contributed by atoms with Crippen molar-refractivity contribution < 1.29 is 4.79 Å². The van der Waals surface area contributed by atoms with Gasteiger partial charge in [0.2, 0.25) is 0 Å². The molecule has 10 nitrogen and oxygen atoms in total. The summed E-state index contributed by atoms with van der Waals surface area (Å²) in [6.45, 7) is 2.06. The second-order valence-corrected chi connectivity index (χ2v) is 7.26. The smallest absolute Gasteiger partial charge is 0.271 e. The number of carbonyl (C=O) groups excluding carboxylic acids is 1. The number of rotatable bonds is 5. The minimum absolute atomic E-state index is 0.144. The van der Waals surface area contributed by atoms with E-state index in [2.05, 4.69) is 27.2 Å². The Morgan fingerprint density at radius 2 is 2.14 bits per heavy atom. The van der Waals surface area contributed by atoms with E-state index in [0.717, 1.165) is 25.6 Å². The molecule has 2 aromatic rings. The average molecular weight is 395 g/mol. The van der Waals surface area contributed by atoms with Crippen LogP contribution in [-0.2, 0) is 0 Å². The fourth-order valence-electron chi connectivity index (χ4n) is 4.22. The molecule has 0 saturated heterocycles. The highest BCUT2D eigenvalue weighted by molar-refractivity contribution is 6.16. The van der Waals surface area contributed by atoms with Crippen molar-refractivity contribution in [2.24, 2.45) is 0 Å². The molecule has 0 spiro atoms. The molecule has 0 bridgehead atoms.